The monoisotopic (exact) mass is 236 g/mol. The number of ether oxygens (including phenoxy) is 1. The van der Waals surface area contributed by atoms with Crippen molar-refractivity contribution < 1.29 is 9.53 Å². The van der Waals surface area contributed by atoms with E-state index in [0.29, 0.717) is 0 Å². The summed E-state index contributed by atoms with van der Waals surface area (Å²) in [5.74, 6) is 0.167. The smallest absolute Gasteiger partial charge is 0.126 e. The van der Waals surface area contributed by atoms with E-state index >= 15 is 0 Å². The first kappa shape index (κ1) is 29.6. The normalized spacial score (nSPS) is 6.12. The van der Waals surface area contributed by atoms with Crippen molar-refractivity contribution in [2.75, 3.05) is 14.2 Å². The van der Waals surface area contributed by atoms with Crippen LogP contribution in [0, 0.1) is 0 Å². The standard InChI is InChI=1S/C3H6O.3C3H8.C2H6O/c1-3(2)4;4*1-3-2/h1-2H3;3*3H2,1-2H3;1-2H3. The second-order valence-corrected chi connectivity index (χ2v) is 3.44. The molecule has 0 spiro atoms. The highest BCUT2D eigenvalue weighted by Crippen LogP contribution is 1.57. The first-order valence-corrected chi connectivity index (χ1v) is 6.26. The molecule has 0 aromatic heterocycles. The zero-order valence-electron chi connectivity index (χ0n) is 13.4. The average molecular weight is 236 g/mol. The van der Waals surface area contributed by atoms with Crippen molar-refractivity contribution in [2.45, 2.75) is 74.7 Å². The van der Waals surface area contributed by atoms with Crippen molar-refractivity contribution in [1.29, 1.82) is 0 Å². The topological polar surface area (TPSA) is 26.3 Å². The Kier molecular flexibility index (Phi) is 114. The number of methoxy groups -OCH3 is 1. The molecular formula is C14H36O2. The van der Waals surface area contributed by atoms with Gasteiger partial charge in [0.1, 0.15) is 5.78 Å². The van der Waals surface area contributed by atoms with Gasteiger partial charge in [-0.2, -0.15) is 0 Å². The van der Waals surface area contributed by atoms with Gasteiger partial charge in [0, 0.05) is 14.2 Å². The molecule has 0 N–H and O–H groups in total. The van der Waals surface area contributed by atoms with Gasteiger partial charge in [-0.1, -0.05) is 60.8 Å². The second kappa shape index (κ2) is 61.8. The highest BCUT2D eigenvalue weighted by molar-refractivity contribution is 5.72. The molecule has 0 aliphatic rings. The van der Waals surface area contributed by atoms with Crippen LogP contribution in [0.2, 0.25) is 0 Å². The summed E-state index contributed by atoms with van der Waals surface area (Å²) in [5, 5.41) is 0. The predicted molar refractivity (Wildman–Crippen MR) is 77.2 cm³/mol. The molecule has 0 rings (SSSR count). The third-order valence-electron chi connectivity index (χ3n) is 0. The Hall–Kier alpha value is -0.370. The molecule has 0 aromatic rings. The minimum Gasteiger partial charge on any atom is -0.388 e. The molecule has 0 aliphatic carbocycles. The maximum atomic E-state index is 9.44. The van der Waals surface area contributed by atoms with E-state index in [-0.39, 0.29) is 5.78 Å². The van der Waals surface area contributed by atoms with Crippen LogP contribution in [-0.4, -0.2) is 20.0 Å². The van der Waals surface area contributed by atoms with Gasteiger partial charge in [-0.3, -0.25) is 0 Å². The van der Waals surface area contributed by atoms with E-state index in [1.807, 2.05) is 0 Å². The van der Waals surface area contributed by atoms with Crippen LogP contribution >= 0.6 is 0 Å². The van der Waals surface area contributed by atoms with Crippen LogP contribution in [0.25, 0.3) is 0 Å². The minimum atomic E-state index is 0.167. The van der Waals surface area contributed by atoms with Crippen molar-refractivity contribution >= 4 is 5.78 Å². The van der Waals surface area contributed by atoms with Gasteiger partial charge in [0.2, 0.25) is 0 Å². The number of ketones is 1. The van der Waals surface area contributed by atoms with Crippen LogP contribution in [0.15, 0.2) is 0 Å². The van der Waals surface area contributed by atoms with Crippen LogP contribution in [0.1, 0.15) is 74.7 Å². The van der Waals surface area contributed by atoms with Crippen molar-refractivity contribution in [3.63, 3.8) is 0 Å². The van der Waals surface area contributed by atoms with E-state index in [1.54, 1.807) is 14.2 Å². The third kappa shape index (κ3) is 15900. The van der Waals surface area contributed by atoms with Gasteiger partial charge in [-0.05, 0) is 13.8 Å². The van der Waals surface area contributed by atoms with E-state index in [4.69, 9.17) is 0 Å². The zero-order chi connectivity index (χ0) is 14.4. The maximum Gasteiger partial charge on any atom is 0.126 e. The summed E-state index contributed by atoms with van der Waals surface area (Å²) in [7, 11) is 3.25. The van der Waals surface area contributed by atoms with Gasteiger partial charge in [-0.25, -0.2) is 0 Å². The molecule has 0 saturated carbocycles. The lowest BCUT2D eigenvalue weighted by Crippen LogP contribution is -1.69. The molecule has 0 heterocycles. The highest BCUT2D eigenvalue weighted by Gasteiger charge is 1.62. The quantitative estimate of drug-likeness (QED) is 0.584. The Balaban J connectivity index is -0.0000000317. The Bertz CT molecular complexity index is 59.1. The summed E-state index contributed by atoms with van der Waals surface area (Å²) in [6.07, 6.45) is 3.75. The molecule has 0 fully saturated rings. The summed E-state index contributed by atoms with van der Waals surface area (Å²) in [5.41, 5.74) is 0. The molecule has 16 heavy (non-hydrogen) atoms. The summed E-state index contributed by atoms with van der Waals surface area (Å²) < 4.78 is 4.25. The molecule has 0 aliphatic heterocycles. The van der Waals surface area contributed by atoms with Gasteiger partial charge < -0.3 is 9.53 Å². The summed E-state index contributed by atoms with van der Waals surface area (Å²) in [4.78, 5) is 9.44. The van der Waals surface area contributed by atoms with Gasteiger partial charge in [0.15, 0.2) is 0 Å². The molecule has 104 valence electrons. The van der Waals surface area contributed by atoms with Gasteiger partial charge in [-0.15, -0.1) is 0 Å². The van der Waals surface area contributed by atoms with E-state index < -0.39 is 0 Å². The molecule has 0 bridgehead atoms. The molecule has 0 aromatic carbocycles. The van der Waals surface area contributed by atoms with Crippen LogP contribution in [-0.2, 0) is 9.53 Å². The van der Waals surface area contributed by atoms with E-state index in [0.717, 1.165) is 0 Å². The Morgan fingerprint density at radius 3 is 0.750 bits per heavy atom. The highest BCUT2D eigenvalue weighted by atomic mass is 16.4. The molecule has 0 atom stereocenters. The van der Waals surface area contributed by atoms with Crippen molar-refractivity contribution in [1.82, 2.24) is 0 Å². The second-order valence-electron chi connectivity index (χ2n) is 3.44. The summed E-state index contributed by atoms with van der Waals surface area (Å²) >= 11 is 0. The lowest BCUT2D eigenvalue weighted by atomic mass is 10.6. The number of hydrogen-bond donors (Lipinski definition) is 0. The first-order chi connectivity index (χ1) is 7.39. The predicted octanol–water partition coefficient (Wildman–Crippen LogP) is 5.11. The molecular weight excluding hydrogens is 200 g/mol. The Morgan fingerprint density at radius 2 is 0.750 bits per heavy atom. The zero-order valence-corrected chi connectivity index (χ0v) is 13.4. The minimum absolute atomic E-state index is 0.167. The van der Waals surface area contributed by atoms with Crippen LogP contribution in [0.4, 0.5) is 0 Å². The molecule has 2 nitrogen and oxygen atoms in total. The number of rotatable bonds is 0. The Morgan fingerprint density at radius 1 is 0.750 bits per heavy atom. The lowest BCUT2D eigenvalue weighted by molar-refractivity contribution is -0.114. The number of carbonyl (C=O) groups is 1. The van der Waals surface area contributed by atoms with Gasteiger partial charge in [0.05, 0.1) is 0 Å². The molecule has 0 unspecified atom stereocenters. The molecule has 0 saturated heterocycles. The van der Waals surface area contributed by atoms with Crippen LogP contribution < -0.4 is 0 Å². The van der Waals surface area contributed by atoms with Crippen LogP contribution in [0.5, 0.6) is 0 Å². The van der Waals surface area contributed by atoms with E-state index in [9.17, 15) is 4.79 Å². The fourth-order valence-corrected chi connectivity index (χ4v) is 0. The van der Waals surface area contributed by atoms with Crippen LogP contribution in [0.3, 0.4) is 0 Å². The van der Waals surface area contributed by atoms with Crippen molar-refractivity contribution in [2.24, 2.45) is 0 Å². The molecule has 0 amide bonds. The van der Waals surface area contributed by atoms with E-state index in [2.05, 4.69) is 46.3 Å². The van der Waals surface area contributed by atoms with Crippen molar-refractivity contribution in [3.8, 4) is 0 Å². The molecule has 0 radical (unpaired) electrons. The number of Topliss-reactive ketones (excluding diaryl/α,β-unsaturated/α-hetero) is 1. The van der Waals surface area contributed by atoms with Gasteiger partial charge >= 0.3 is 0 Å². The first-order valence-electron chi connectivity index (χ1n) is 6.26. The fraction of sp³-hybridized carbons (Fsp3) is 0.929. The number of hydrogen-bond acceptors (Lipinski definition) is 2. The third-order valence-corrected chi connectivity index (χ3v) is 0. The largest absolute Gasteiger partial charge is 0.388 e. The van der Waals surface area contributed by atoms with Gasteiger partial charge in [0.25, 0.3) is 0 Å². The maximum absolute atomic E-state index is 9.44. The summed E-state index contributed by atoms with van der Waals surface area (Å²) in [6, 6.07) is 0. The fourth-order valence-electron chi connectivity index (χ4n) is 0. The SMILES string of the molecule is CC(C)=O.CCC.CCC.CCC.COC. The Labute approximate surface area is 105 Å². The number of carbonyl (C=O) groups excluding carboxylic acids is 1. The van der Waals surface area contributed by atoms with E-state index in [1.165, 1.54) is 33.1 Å². The average Bonchev–Trinajstić information content (AvgIpc) is 2.06. The molecule has 2 heteroatoms. The summed E-state index contributed by atoms with van der Waals surface area (Å²) in [6.45, 7) is 15.8. The lowest BCUT2D eigenvalue weighted by Gasteiger charge is -1.61. The van der Waals surface area contributed by atoms with Crippen molar-refractivity contribution in [3.05, 3.63) is 0 Å².